The van der Waals surface area contributed by atoms with Crippen LogP contribution in [0.5, 0.6) is 0 Å². The van der Waals surface area contributed by atoms with Gasteiger partial charge in [-0.05, 0) is 52.3 Å². The smallest absolute Gasteiger partial charge is 0.237 e. The van der Waals surface area contributed by atoms with Crippen molar-refractivity contribution < 1.29 is 9.18 Å². The Balaban J connectivity index is 2.70. The third-order valence-corrected chi connectivity index (χ3v) is 3.15. The van der Waals surface area contributed by atoms with Crippen molar-refractivity contribution >= 4 is 17.5 Å². The minimum Gasteiger partial charge on any atom is -0.350 e. The van der Waals surface area contributed by atoms with Gasteiger partial charge in [-0.2, -0.15) is 0 Å². The van der Waals surface area contributed by atoms with Crippen molar-refractivity contribution in [1.29, 1.82) is 0 Å². The molecule has 0 fully saturated rings. The molecule has 0 bridgehead atoms. The lowest BCUT2D eigenvalue weighted by Crippen LogP contribution is -2.50. The van der Waals surface area contributed by atoms with Crippen LogP contribution in [0.3, 0.4) is 0 Å². The maximum atomic E-state index is 13.0. The van der Waals surface area contributed by atoms with E-state index in [1.165, 1.54) is 12.1 Å². The van der Waals surface area contributed by atoms with Gasteiger partial charge in [0, 0.05) is 16.6 Å². The highest BCUT2D eigenvalue weighted by Gasteiger charge is 2.21. The van der Waals surface area contributed by atoms with Gasteiger partial charge in [0.05, 0.1) is 6.04 Å². The van der Waals surface area contributed by atoms with Crippen LogP contribution in [-0.4, -0.2) is 17.5 Å². The molecule has 0 aliphatic rings. The molecule has 2 atom stereocenters. The molecule has 0 heterocycles. The van der Waals surface area contributed by atoms with E-state index in [4.69, 9.17) is 11.6 Å². The maximum Gasteiger partial charge on any atom is 0.237 e. The molecule has 2 N–H and O–H groups in total. The lowest BCUT2D eigenvalue weighted by Gasteiger charge is -2.26. The van der Waals surface area contributed by atoms with Crippen molar-refractivity contribution in [3.8, 4) is 0 Å². The van der Waals surface area contributed by atoms with Crippen molar-refractivity contribution in [2.45, 2.75) is 52.2 Å². The number of benzene rings is 1. The summed E-state index contributed by atoms with van der Waals surface area (Å²) in [4.78, 5) is 12.0. The molecule has 1 aromatic carbocycles. The van der Waals surface area contributed by atoms with E-state index in [0.717, 1.165) is 5.56 Å². The summed E-state index contributed by atoms with van der Waals surface area (Å²) in [7, 11) is 0. The zero-order valence-electron chi connectivity index (χ0n) is 12.6. The zero-order chi connectivity index (χ0) is 15.5. The van der Waals surface area contributed by atoms with Crippen molar-refractivity contribution in [2.75, 3.05) is 0 Å². The first kappa shape index (κ1) is 16.9. The predicted molar refractivity (Wildman–Crippen MR) is 80.3 cm³/mol. The third kappa shape index (κ3) is 5.10. The number of carbonyl (C=O) groups is 1. The summed E-state index contributed by atoms with van der Waals surface area (Å²) in [5.41, 5.74) is 0.493. The minimum atomic E-state index is -0.371. The maximum absolute atomic E-state index is 13.0. The fourth-order valence-electron chi connectivity index (χ4n) is 1.87. The second-order valence-electron chi connectivity index (χ2n) is 6.02. The minimum absolute atomic E-state index is 0.0809. The lowest BCUT2D eigenvalue weighted by molar-refractivity contribution is -0.124. The van der Waals surface area contributed by atoms with Gasteiger partial charge in [-0.3, -0.25) is 10.1 Å². The van der Waals surface area contributed by atoms with Crippen LogP contribution < -0.4 is 10.6 Å². The van der Waals surface area contributed by atoms with E-state index >= 15 is 0 Å². The second kappa shape index (κ2) is 6.55. The number of nitrogens with one attached hydrogen (secondary N) is 2. The van der Waals surface area contributed by atoms with Gasteiger partial charge in [0.2, 0.25) is 5.91 Å². The standard InChI is InChI=1S/C15H22ClFN2O/c1-9(12-7-6-11(17)8-13(12)16)18-10(2)14(20)19-15(3,4)5/h6-10,18H,1-5H3,(H,19,20). The number of hydrogen-bond acceptors (Lipinski definition) is 2. The summed E-state index contributed by atoms with van der Waals surface area (Å²) in [6.07, 6.45) is 0. The normalized spacial score (nSPS) is 14.8. The molecule has 0 saturated heterocycles. The van der Waals surface area contributed by atoms with Crippen LogP contribution in [0.15, 0.2) is 18.2 Å². The Hall–Kier alpha value is -1.13. The average molecular weight is 301 g/mol. The number of hydrogen-bond donors (Lipinski definition) is 2. The SMILES string of the molecule is CC(NC(C)c1ccc(F)cc1Cl)C(=O)NC(C)(C)C. The monoisotopic (exact) mass is 300 g/mol. The summed E-state index contributed by atoms with van der Waals surface area (Å²) >= 11 is 6.01. The van der Waals surface area contributed by atoms with Crippen molar-refractivity contribution in [3.05, 3.63) is 34.6 Å². The van der Waals surface area contributed by atoms with E-state index in [1.54, 1.807) is 13.0 Å². The molecular formula is C15H22ClFN2O. The van der Waals surface area contributed by atoms with Crippen LogP contribution in [0.1, 0.15) is 46.2 Å². The molecule has 5 heteroatoms. The third-order valence-electron chi connectivity index (χ3n) is 2.82. The van der Waals surface area contributed by atoms with Crippen LogP contribution in [0, 0.1) is 5.82 Å². The number of halogens is 2. The lowest BCUT2D eigenvalue weighted by atomic mass is 10.1. The molecule has 0 radical (unpaired) electrons. The first-order chi connectivity index (χ1) is 9.10. The summed E-state index contributed by atoms with van der Waals surface area (Å²) in [6, 6.07) is 3.74. The van der Waals surface area contributed by atoms with Gasteiger partial charge in [-0.1, -0.05) is 17.7 Å². The largest absolute Gasteiger partial charge is 0.350 e. The number of carbonyl (C=O) groups excluding carboxylic acids is 1. The van der Waals surface area contributed by atoms with E-state index in [9.17, 15) is 9.18 Å². The van der Waals surface area contributed by atoms with Gasteiger partial charge >= 0.3 is 0 Å². The molecule has 112 valence electrons. The van der Waals surface area contributed by atoms with Gasteiger partial charge in [0.15, 0.2) is 0 Å². The van der Waals surface area contributed by atoms with Crippen molar-refractivity contribution in [3.63, 3.8) is 0 Å². The molecule has 0 aromatic heterocycles. The van der Waals surface area contributed by atoms with Gasteiger partial charge in [0.1, 0.15) is 5.82 Å². The van der Waals surface area contributed by atoms with E-state index in [2.05, 4.69) is 10.6 Å². The Morgan fingerprint density at radius 3 is 2.40 bits per heavy atom. The van der Waals surface area contributed by atoms with Gasteiger partial charge in [-0.15, -0.1) is 0 Å². The van der Waals surface area contributed by atoms with Gasteiger partial charge in [0.25, 0.3) is 0 Å². The Labute approximate surface area is 124 Å². The highest BCUT2D eigenvalue weighted by Crippen LogP contribution is 2.24. The first-order valence-electron chi connectivity index (χ1n) is 6.63. The van der Waals surface area contributed by atoms with Crippen LogP contribution in [0.4, 0.5) is 4.39 Å². The summed E-state index contributed by atoms with van der Waals surface area (Å²) < 4.78 is 13.0. The van der Waals surface area contributed by atoms with Crippen LogP contribution >= 0.6 is 11.6 Å². The van der Waals surface area contributed by atoms with E-state index in [1.807, 2.05) is 27.7 Å². The molecule has 0 saturated carbocycles. The Kier molecular flexibility index (Phi) is 5.54. The van der Waals surface area contributed by atoms with Crippen molar-refractivity contribution in [2.24, 2.45) is 0 Å². The first-order valence-corrected chi connectivity index (χ1v) is 7.01. The van der Waals surface area contributed by atoms with Crippen LogP contribution in [-0.2, 0) is 4.79 Å². The fraction of sp³-hybridized carbons (Fsp3) is 0.533. The number of rotatable bonds is 4. The molecule has 0 aliphatic heterocycles. The molecule has 2 unspecified atom stereocenters. The van der Waals surface area contributed by atoms with E-state index in [-0.39, 0.29) is 29.3 Å². The summed E-state index contributed by atoms with van der Waals surface area (Å²) in [6.45, 7) is 9.46. The average Bonchev–Trinajstić information content (AvgIpc) is 2.26. The molecular weight excluding hydrogens is 279 g/mol. The van der Waals surface area contributed by atoms with E-state index < -0.39 is 0 Å². The van der Waals surface area contributed by atoms with Gasteiger partial charge < -0.3 is 5.32 Å². The molecule has 0 aliphatic carbocycles. The molecule has 0 spiro atoms. The fourth-order valence-corrected chi connectivity index (χ4v) is 2.20. The molecule has 20 heavy (non-hydrogen) atoms. The zero-order valence-corrected chi connectivity index (χ0v) is 13.3. The Morgan fingerprint density at radius 1 is 1.30 bits per heavy atom. The van der Waals surface area contributed by atoms with E-state index in [0.29, 0.717) is 5.02 Å². The molecule has 3 nitrogen and oxygen atoms in total. The molecule has 1 amide bonds. The molecule has 1 aromatic rings. The second-order valence-corrected chi connectivity index (χ2v) is 6.42. The summed E-state index contributed by atoms with van der Waals surface area (Å²) in [5, 5.41) is 6.42. The highest BCUT2D eigenvalue weighted by atomic mass is 35.5. The highest BCUT2D eigenvalue weighted by molar-refractivity contribution is 6.31. The molecule has 1 rings (SSSR count). The Bertz CT molecular complexity index is 485. The van der Waals surface area contributed by atoms with Crippen LogP contribution in [0.25, 0.3) is 0 Å². The summed E-state index contributed by atoms with van der Waals surface area (Å²) in [5.74, 6) is -0.452. The van der Waals surface area contributed by atoms with Gasteiger partial charge in [-0.25, -0.2) is 4.39 Å². The Morgan fingerprint density at radius 2 is 1.90 bits per heavy atom. The quantitative estimate of drug-likeness (QED) is 0.894. The number of amides is 1. The van der Waals surface area contributed by atoms with Crippen LogP contribution in [0.2, 0.25) is 5.02 Å². The topological polar surface area (TPSA) is 41.1 Å². The van der Waals surface area contributed by atoms with Crippen molar-refractivity contribution in [1.82, 2.24) is 10.6 Å². The predicted octanol–water partition coefficient (Wildman–Crippen LogP) is 3.43.